The first-order chi connectivity index (χ1) is 15.2. The second kappa shape index (κ2) is 7.14. The summed E-state index contributed by atoms with van der Waals surface area (Å²) in [5.41, 5.74) is 7.07. The molecule has 0 saturated heterocycles. The van der Waals surface area contributed by atoms with E-state index in [1.807, 2.05) is 12.4 Å². The lowest BCUT2D eigenvalue weighted by Gasteiger charge is -2.06. The van der Waals surface area contributed by atoms with Crippen LogP contribution < -0.4 is 0 Å². The van der Waals surface area contributed by atoms with Crippen molar-refractivity contribution < 1.29 is 0 Å². The molecule has 0 aliphatic carbocycles. The van der Waals surface area contributed by atoms with Crippen molar-refractivity contribution in [2.75, 3.05) is 0 Å². The van der Waals surface area contributed by atoms with Crippen LogP contribution in [0.2, 0.25) is 0 Å². The molecule has 4 heterocycles. The van der Waals surface area contributed by atoms with E-state index in [9.17, 15) is 0 Å². The van der Waals surface area contributed by atoms with E-state index in [-0.39, 0.29) is 0 Å². The van der Waals surface area contributed by atoms with Gasteiger partial charge >= 0.3 is 0 Å². The van der Waals surface area contributed by atoms with Gasteiger partial charge in [-0.2, -0.15) is 0 Å². The Morgan fingerprint density at radius 3 is 2.52 bits per heavy atom. The average Bonchev–Trinajstić information content (AvgIpc) is 3.54. The van der Waals surface area contributed by atoms with Gasteiger partial charge in [0.1, 0.15) is 16.5 Å². The highest BCUT2D eigenvalue weighted by molar-refractivity contribution is 7.16. The van der Waals surface area contributed by atoms with Gasteiger partial charge in [-0.05, 0) is 29.8 Å². The molecule has 0 amide bonds. The van der Waals surface area contributed by atoms with Crippen molar-refractivity contribution >= 4 is 43.7 Å². The number of thiazole rings is 2. The Balaban J connectivity index is 1.50. The van der Waals surface area contributed by atoms with Gasteiger partial charge in [0.05, 0.1) is 28.0 Å². The number of aryl methyl sites for hydroxylation is 1. The maximum atomic E-state index is 5.12. The maximum absolute atomic E-state index is 5.12. The summed E-state index contributed by atoms with van der Waals surface area (Å²) in [6.45, 7) is 2.73. The number of aromatic nitrogens is 5. The van der Waals surface area contributed by atoms with E-state index in [1.54, 1.807) is 22.7 Å². The molecule has 31 heavy (non-hydrogen) atoms. The lowest BCUT2D eigenvalue weighted by molar-refractivity contribution is 0.707. The first-order valence-corrected chi connectivity index (χ1v) is 11.8. The normalized spacial score (nSPS) is 11.7. The molecule has 0 aliphatic heterocycles. The summed E-state index contributed by atoms with van der Waals surface area (Å²) in [7, 11) is 2.09. The largest absolute Gasteiger partial charge is 0.346 e. The summed E-state index contributed by atoms with van der Waals surface area (Å²) in [6, 6.07) is 14.8. The fourth-order valence-electron chi connectivity index (χ4n) is 3.99. The number of hydrogen-bond acceptors (Lipinski definition) is 5. The van der Waals surface area contributed by atoms with Crippen LogP contribution in [0.1, 0.15) is 11.5 Å². The monoisotopic (exact) mass is 441 g/mol. The molecule has 6 rings (SSSR count). The highest BCUT2D eigenvalue weighted by Crippen LogP contribution is 2.36. The minimum Gasteiger partial charge on any atom is -0.346 e. The predicted molar refractivity (Wildman–Crippen MR) is 129 cm³/mol. The van der Waals surface area contributed by atoms with E-state index >= 15 is 0 Å². The zero-order valence-corrected chi connectivity index (χ0v) is 18.7. The minimum absolute atomic E-state index is 0.700. The second-order valence-corrected chi connectivity index (χ2v) is 9.42. The van der Waals surface area contributed by atoms with Crippen LogP contribution in [0.4, 0.5) is 0 Å². The Morgan fingerprint density at radius 2 is 1.77 bits per heavy atom. The van der Waals surface area contributed by atoms with E-state index in [0.29, 0.717) is 6.54 Å². The summed E-state index contributed by atoms with van der Waals surface area (Å²) in [5.74, 6) is 1.00. The molecule has 0 atom stereocenters. The number of benzene rings is 2. The number of imidazole rings is 1. The van der Waals surface area contributed by atoms with Crippen LogP contribution in [0.3, 0.4) is 0 Å². The third-order valence-electron chi connectivity index (χ3n) is 5.54. The van der Waals surface area contributed by atoms with Gasteiger partial charge in [-0.25, -0.2) is 15.0 Å². The molecule has 0 unspecified atom stereocenters. The minimum atomic E-state index is 0.700. The van der Waals surface area contributed by atoms with Gasteiger partial charge in [-0.15, -0.1) is 22.7 Å². The van der Waals surface area contributed by atoms with Crippen LogP contribution in [-0.4, -0.2) is 24.1 Å². The molecular formula is C24H19N5S2. The van der Waals surface area contributed by atoms with E-state index in [1.165, 1.54) is 15.5 Å². The summed E-state index contributed by atoms with van der Waals surface area (Å²) in [5, 5.41) is 5.57. The molecule has 0 N–H and O–H groups in total. The van der Waals surface area contributed by atoms with Gasteiger partial charge in [-0.1, -0.05) is 30.3 Å². The fraction of sp³-hybridized carbons (Fsp3) is 0.125. The zero-order chi connectivity index (χ0) is 20.9. The summed E-state index contributed by atoms with van der Waals surface area (Å²) < 4.78 is 5.57. The SMILES string of the molecule is Cc1csc(-c2c(-c3ccc4ncsc4c3)nc(Cn3cc4ccccc4c3)n2C)n1. The Hall–Kier alpha value is -3.29. The van der Waals surface area contributed by atoms with Crippen LogP contribution in [0.5, 0.6) is 0 Å². The van der Waals surface area contributed by atoms with E-state index in [4.69, 9.17) is 9.97 Å². The summed E-state index contributed by atoms with van der Waals surface area (Å²) in [6.07, 6.45) is 4.36. The van der Waals surface area contributed by atoms with Gasteiger partial charge in [0.15, 0.2) is 0 Å². The van der Waals surface area contributed by atoms with Crippen molar-refractivity contribution in [3.63, 3.8) is 0 Å². The molecule has 5 nitrogen and oxygen atoms in total. The predicted octanol–water partition coefficient (Wildman–Crippen LogP) is 6.13. The van der Waals surface area contributed by atoms with Crippen LogP contribution in [0, 0.1) is 6.92 Å². The maximum Gasteiger partial charge on any atom is 0.142 e. The van der Waals surface area contributed by atoms with Crippen molar-refractivity contribution in [1.29, 1.82) is 0 Å². The number of fused-ring (bicyclic) bond motifs is 2. The van der Waals surface area contributed by atoms with E-state index in [0.717, 1.165) is 39.0 Å². The van der Waals surface area contributed by atoms with E-state index in [2.05, 4.69) is 81.4 Å². The molecule has 0 radical (unpaired) electrons. The first kappa shape index (κ1) is 18.5. The first-order valence-electron chi connectivity index (χ1n) is 10.0. The van der Waals surface area contributed by atoms with Crippen LogP contribution in [0.15, 0.2) is 65.7 Å². The lowest BCUT2D eigenvalue weighted by Crippen LogP contribution is -2.05. The van der Waals surface area contributed by atoms with Crippen LogP contribution in [-0.2, 0) is 13.6 Å². The van der Waals surface area contributed by atoms with Gasteiger partial charge in [-0.3, -0.25) is 0 Å². The Morgan fingerprint density at radius 1 is 0.968 bits per heavy atom. The molecule has 6 aromatic rings. The molecule has 7 heteroatoms. The highest BCUT2D eigenvalue weighted by atomic mass is 32.1. The van der Waals surface area contributed by atoms with Gasteiger partial charge in [0, 0.05) is 36.1 Å². The molecule has 0 bridgehead atoms. The van der Waals surface area contributed by atoms with Crippen LogP contribution >= 0.6 is 22.7 Å². The van der Waals surface area contributed by atoms with E-state index < -0.39 is 0 Å². The van der Waals surface area contributed by atoms with Gasteiger partial charge in [0.2, 0.25) is 0 Å². The van der Waals surface area contributed by atoms with Gasteiger partial charge in [0.25, 0.3) is 0 Å². The molecular weight excluding hydrogens is 422 g/mol. The molecule has 0 spiro atoms. The summed E-state index contributed by atoms with van der Waals surface area (Å²) >= 11 is 3.32. The molecule has 0 fully saturated rings. The number of nitrogens with zero attached hydrogens (tertiary/aromatic N) is 5. The third kappa shape index (κ3) is 3.17. The standard InChI is InChI=1S/C24H19N5S2/c1-15-13-30-24(26-15)23-22(16-7-8-19-20(9-16)31-14-25-19)27-21(28(23)2)12-29-10-17-5-3-4-6-18(17)11-29/h3-11,13-14H,12H2,1-2H3. The topological polar surface area (TPSA) is 48.5 Å². The van der Waals surface area contributed by atoms with Crippen molar-refractivity contribution in [2.24, 2.45) is 7.05 Å². The molecule has 0 saturated carbocycles. The Bertz CT molecular complexity index is 1520. The number of hydrogen-bond donors (Lipinski definition) is 0. The van der Waals surface area contributed by atoms with Crippen molar-refractivity contribution in [3.8, 4) is 22.0 Å². The average molecular weight is 442 g/mol. The molecule has 0 aliphatic rings. The van der Waals surface area contributed by atoms with Crippen molar-refractivity contribution in [3.05, 3.63) is 77.3 Å². The van der Waals surface area contributed by atoms with Crippen molar-refractivity contribution in [1.82, 2.24) is 24.1 Å². The van der Waals surface area contributed by atoms with Crippen molar-refractivity contribution in [2.45, 2.75) is 13.5 Å². The Labute approximate surface area is 187 Å². The van der Waals surface area contributed by atoms with Gasteiger partial charge < -0.3 is 9.13 Å². The summed E-state index contributed by atoms with van der Waals surface area (Å²) in [4.78, 5) is 14.3. The molecule has 2 aromatic carbocycles. The second-order valence-electron chi connectivity index (χ2n) is 7.67. The number of rotatable bonds is 4. The fourth-order valence-corrected chi connectivity index (χ4v) is 5.59. The Kier molecular flexibility index (Phi) is 4.26. The highest BCUT2D eigenvalue weighted by Gasteiger charge is 2.21. The van der Waals surface area contributed by atoms with Crippen LogP contribution in [0.25, 0.3) is 42.9 Å². The lowest BCUT2D eigenvalue weighted by atomic mass is 10.1. The smallest absolute Gasteiger partial charge is 0.142 e. The zero-order valence-electron chi connectivity index (χ0n) is 17.1. The quantitative estimate of drug-likeness (QED) is 0.330. The third-order valence-corrected chi connectivity index (χ3v) is 7.30. The molecule has 152 valence electrons. The molecule has 4 aromatic heterocycles.